The van der Waals surface area contributed by atoms with Gasteiger partial charge in [-0.15, -0.1) is 13.2 Å². The Labute approximate surface area is 143 Å². The summed E-state index contributed by atoms with van der Waals surface area (Å²) in [5, 5.41) is 11.8. The van der Waals surface area contributed by atoms with Crippen molar-refractivity contribution < 1.29 is 32.6 Å². The Morgan fingerprint density at radius 1 is 1.16 bits per heavy atom. The van der Waals surface area contributed by atoms with Gasteiger partial charge >= 0.3 is 12.3 Å². The Morgan fingerprint density at radius 2 is 1.76 bits per heavy atom. The third-order valence-electron chi connectivity index (χ3n) is 4.49. The Bertz CT molecular complexity index is 640. The number of hydrogen-bond donors (Lipinski definition) is 2. The molecule has 2 atom stereocenters. The van der Waals surface area contributed by atoms with Gasteiger partial charge in [0, 0.05) is 6.04 Å². The van der Waals surface area contributed by atoms with Crippen molar-refractivity contribution in [3.05, 3.63) is 29.8 Å². The quantitative estimate of drug-likeness (QED) is 0.846. The standard InChI is InChI=1S/C17H20F3NO4/c1-16(2,11-4-7-13(8-5-11)25-17(18,19)20)15(24)21-12-6-3-10(9-12)14(22)23/h4-5,7-8,10,12H,3,6,9H2,1-2H3,(H,21,24)(H,22,23)/t10-,12+/m1/s1. The fourth-order valence-corrected chi connectivity index (χ4v) is 2.91. The monoisotopic (exact) mass is 359 g/mol. The number of carboxylic acid groups (broad SMARTS) is 1. The zero-order valence-electron chi connectivity index (χ0n) is 13.9. The Morgan fingerprint density at radius 3 is 2.24 bits per heavy atom. The van der Waals surface area contributed by atoms with Crippen molar-refractivity contribution in [3.8, 4) is 5.75 Å². The Hall–Kier alpha value is -2.25. The van der Waals surface area contributed by atoms with Crippen LogP contribution in [0.2, 0.25) is 0 Å². The fourth-order valence-electron chi connectivity index (χ4n) is 2.91. The first kappa shape index (κ1) is 19.1. The van der Waals surface area contributed by atoms with Gasteiger partial charge in [-0.05, 0) is 50.8 Å². The molecule has 0 saturated heterocycles. The summed E-state index contributed by atoms with van der Waals surface area (Å²) in [6.07, 6.45) is -3.27. The van der Waals surface area contributed by atoms with Gasteiger partial charge in [-0.3, -0.25) is 9.59 Å². The summed E-state index contributed by atoms with van der Waals surface area (Å²) in [7, 11) is 0. The second kappa shape index (κ2) is 6.93. The van der Waals surface area contributed by atoms with E-state index in [1.165, 1.54) is 12.1 Å². The van der Waals surface area contributed by atoms with E-state index in [0.717, 1.165) is 12.1 Å². The summed E-state index contributed by atoms with van der Waals surface area (Å²) < 4.78 is 40.4. The molecule has 1 saturated carbocycles. The fraction of sp³-hybridized carbons (Fsp3) is 0.529. The van der Waals surface area contributed by atoms with Crippen LogP contribution in [0.5, 0.6) is 5.75 Å². The van der Waals surface area contributed by atoms with Gasteiger partial charge in [-0.2, -0.15) is 0 Å². The summed E-state index contributed by atoms with van der Waals surface area (Å²) in [6.45, 7) is 3.32. The van der Waals surface area contributed by atoms with E-state index in [1.54, 1.807) is 13.8 Å². The minimum atomic E-state index is -4.77. The third-order valence-corrected chi connectivity index (χ3v) is 4.49. The van der Waals surface area contributed by atoms with Crippen LogP contribution in [-0.4, -0.2) is 29.4 Å². The average molecular weight is 359 g/mol. The van der Waals surface area contributed by atoms with E-state index in [2.05, 4.69) is 10.1 Å². The van der Waals surface area contributed by atoms with E-state index < -0.39 is 23.7 Å². The summed E-state index contributed by atoms with van der Waals surface area (Å²) >= 11 is 0. The van der Waals surface area contributed by atoms with Gasteiger partial charge in [-0.1, -0.05) is 12.1 Å². The third kappa shape index (κ3) is 4.87. The number of alkyl halides is 3. The first-order valence-electron chi connectivity index (χ1n) is 7.89. The summed E-state index contributed by atoms with van der Waals surface area (Å²) in [6, 6.07) is 4.94. The first-order valence-corrected chi connectivity index (χ1v) is 7.89. The van der Waals surface area contributed by atoms with E-state index in [4.69, 9.17) is 5.11 Å². The van der Waals surface area contributed by atoms with Crippen molar-refractivity contribution >= 4 is 11.9 Å². The van der Waals surface area contributed by atoms with Crippen molar-refractivity contribution in [1.29, 1.82) is 0 Å². The second-order valence-corrected chi connectivity index (χ2v) is 6.72. The lowest BCUT2D eigenvalue weighted by atomic mass is 9.83. The summed E-state index contributed by atoms with van der Waals surface area (Å²) in [5.74, 6) is -1.97. The molecular weight excluding hydrogens is 339 g/mol. The minimum absolute atomic E-state index is 0.208. The molecule has 1 aliphatic carbocycles. The highest BCUT2D eigenvalue weighted by Crippen LogP contribution is 2.30. The highest BCUT2D eigenvalue weighted by molar-refractivity contribution is 5.87. The smallest absolute Gasteiger partial charge is 0.481 e. The lowest BCUT2D eigenvalue weighted by Gasteiger charge is -2.26. The molecule has 2 rings (SSSR count). The molecule has 0 unspecified atom stereocenters. The normalized spacial score (nSPS) is 21.0. The highest BCUT2D eigenvalue weighted by atomic mass is 19.4. The van der Waals surface area contributed by atoms with E-state index in [1.807, 2.05) is 0 Å². The molecule has 1 aliphatic rings. The number of carbonyl (C=O) groups is 2. The van der Waals surface area contributed by atoms with E-state index in [9.17, 15) is 22.8 Å². The van der Waals surface area contributed by atoms with Crippen molar-refractivity contribution in [2.24, 2.45) is 5.92 Å². The maximum Gasteiger partial charge on any atom is 0.573 e. The van der Waals surface area contributed by atoms with Crippen molar-refractivity contribution in [1.82, 2.24) is 5.32 Å². The second-order valence-electron chi connectivity index (χ2n) is 6.72. The molecule has 0 bridgehead atoms. The molecule has 0 radical (unpaired) electrons. The van der Waals surface area contributed by atoms with Crippen LogP contribution in [0.4, 0.5) is 13.2 Å². The molecule has 0 aliphatic heterocycles. The maximum atomic E-state index is 12.5. The minimum Gasteiger partial charge on any atom is -0.481 e. The number of amides is 1. The predicted octanol–water partition coefficient (Wildman–Crippen LogP) is 3.23. The van der Waals surface area contributed by atoms with Crippen LogP contribution in [0.3, 0.4) is 0 Å². The lowest BCUT2D eigenvalue weighted by Crippen LogP contribution is -2.44. The van der Waals surface area contributed by atoms with E-state index in [0.29, 0.717) is 24.8 Å². The predicted molar refractivity (Wildman–Crippen MR) is 83.1 cm³/mol. The maximum absolute atomic E-state index is 12.5. The molecule has 0 aromatic heterocycles. The molecule has 8 heteroatoms. The number of rotatable bonds is 5. The van der Waals surface area contributed by atoms with Crippen molar-refractivity contribution in [2.45, 2.75) is 50.9 Å². The van der Waals surface area contributed by atoms with Crippen LogP contribution in [0, 0.1) is 5.92 Å². The van der Waals surface area contributed by atoms with Gasteiger partial charge < -0.3 is 15.2 Å². The van der Waals surface area contributed by atoms with E-state index >= 15 is 0 Å². The van der Waals surface area contributed by atoms with Crippen LogP contribution < -0.4 is 10.1 Å². The Kier molecular flexibility index (Phi) is 5.29. The van der Waals surface area contributed by atoms with Gasteiger partial charge in [0.25, 0.3) is 0 Å². The molecule has 1 fully saturated rings. The van der Waals surface area contributed by atoms with Crippen LogP contribution in [-0.2, 0) is 15.0 Å². The summed E-state index contributed by atoms with van der Waals surface area (Å²) in [5.41, 5.74) is -0.440. The molecule has 5 nitrogen and oxygen atoms in total. The van der Waals surface area contributed by atoms with Crippen LogP contribution in [0.15, 0.2) is 24.3 Å². The van der Waals surface area contributed by atoms with Gasteiger partial charge in [0.05, 0.1) is 11.3 Å². The number of hydrogen-bond acceptors (Lipinski definition) is 3. The topological polar surface area (TPSA) is 75.6 Å². The zero-order chi connectivity index (χ0) is 18.8. The summed E-state index contributed by atoms with van der Waals surface area (Å²) in [4.78, 5) is 23.5. The number of carboxylic acids is 1. The molecule has 25 heavy (non-hydrogen) atoms. The first-order chi connectivity index (χ1) is 11.5. The Balaban J connectivity index is 2.02. The number of benzene rings is 1. The van der Waals surface area contributed by atoms with Crippen molar-refractivity contribution in [3.63, 3.8) is 0 Å². The van der Waals surface area contributed by atoms with Crippen molar-refractivity contribution in [2.75, 3.05) is 0 Å². The lowest BCUT2D eigenvalue weighted by molar-refractivity contribution is -0.274. The van der Waals surface area contributed by atoms with Gasteiger partial charge in [0.1, 0.15) is 5.75 Å². The van der Waals surface area contributed by atoms with Crippen LogP contribution in [0.25, 0.3) is 0 Å². The number of nitrogens with one attached hydrogen (secondary N) is 1. The SMILES string of the molecule is CC(C)(C(=O)N[C@H]1CC[C@@H](C(=O)O)C1)c1ccc(OC(F)(F)F)cc1. The molecule has 0 spiro atoms. The molecule has 1 aromatic carbocycles. The molecule has 0 heterocycles. The largest absolute Gasteiger partial charge is 0.573 e. The number of halogens is 3. The van der Waals surface area contributed by atoms with Gasteiger partial charge in [-0.25, -0.2) is 0 Å². The highest BCUT2D eigenvalue weighted by Gasteiger charge is 2.36. The number of aliphatic carboxylic acids is 1. The van der Waals surface area contributed by atoms with E-state index in [-0.39, 0.29) is 17.7 Å². The average Bonchev–Trinajstić information content (AvgIpc) is 2.95. The molecular formula is C17H20F3NO4. The molecule has 1 aromatic rings. The zero-order valence-corrected chi connectivity index (χ0v) is 13.9. The molecule has 1 amide bonds. The van der Waals surface area contributed by atoms with Crippen LogP contribution >= 0.6 is 0 Å². The van der Waals surface area contributed by atoms with Gasteiger partial charge in [0.15, 0.2) is 0 Å². The molecule has 138 valence electrons. The van der Waals surface area contributed by atoms with Gasteiger partial charge in [0.2, 0.25) is 5.91 Å². The number of ether oxygens (including phenoxy) is 1. The van der Waals surface area contributed by atoms with Crippen LogP contribution in [0.1, 0.15) is 38.7 Å². The number of carbonyl (C=O) groups excluding carboxylic acids is 1. The molecule has 2 N–H and O–H groups in total.